The number of halogens is 2. The number of aromatic nitrogens is 2. The lowest BCUT2D eigenvalue weighted by atomic mass is 10.1. The summed E-state index contributed by atoms with van der Waals surface area (Å²) in [6, 6.07) is 12.3. The summed E-state index contributed by atoms with van der Waals surface area (Å²) in [6.45, 7) is 3.68. The Balaban J connectivity index is 1.59. The largest absolute Gasteiger partial charge is 0.273 e. The average molecular weight is 401 g/mol. The third kappa shape index (κ3) is 4.37. The van der Waals surface area contributed by atoms with Gasteiger partial charge < -0.3 is 0 Å². The molecule has 0 aliphatic heterocycles. The van der Waals surface area contributed by atoms with Crippen LogP contribution >= 0.6 is 11.6 Å². The van der Waals surface area contributed by atoms with E-state index in [9.17, 15) is 14.0 Å². The van der Waals surface area contributed by atoms with Gasteiger partial charge in [-0.05, 0) is 55.8 Å². The molecular weight excluding hydrogens is 383 g/mol. The minimum atomic E-state index is -0.453. The predicted octanol–water partition coefficient (Wildman–Crippen LogP) is 3.29. The average Bonchev–Trinajstić information content (AvgIpc) is 2.95. The molecule has 2 aromatic carbocycles. The van der Waals surface area contributed by atoms with E-state index in [1.165, 1.54) is 24.3 Å². The number of carbonyl (C=O) groups is 2. The fourth-order valence-electron chi connectivity index (χ4n) is 2.66. The Morgan fingerprint density at radius 3 is 2.25 bits per heavy atom. The van der Waals surface area contributed by atoms with Gasteiger partial charge in [-0.15, -0.1) is 0 Å². The number of carbonyl (C=O) groups excluding carboxylic acids is 2. The maximum Gasteiger partial charge on any atom is 0.269 e. The predicted molar refractivity (Wildman–Crippen MR) is 104 cm³/mol. The Kier molecular flexibility index (Phi) is 5.75. The molecule has 6 nitrogen and oxygen atoms in total. The first-order valence-corrected chi connectivity index (χ1v) is 8.88. The van der Waals surface area contributed by atoms with Crippen LogP contribution in [0.15, 0.2) is 48.5 Å². The van der Waals surface area contributed by atoms with Gasteiger partial charge in [-0.3, -0.25) is 20.4 Å². The Hall–Kier alpha value is -3.19. The summed E-state index contributed by atoms with van der Waals surface area (Å²) in [7, 11) is 0. The van der Waals surface area contributed by atoms with Gasteiger partial charge in [0.15, 0.2) is 0 Å². The van der Waals surface area contributed by atoms with Crippen LogP contribution in [0.2, 0.25) is 5.02 Å². The van der Waals surface area contributed by atoms with Crippen molar-refractivity contribution >= 4 is 23.4 Å². The summed E-state index contributed by atoms with van der Waals surface area (Å²) in [5.74, 6) is -1.23. The summed E-state index contributed by atoms with van der Waals surface area (Å²) >= 11 is 6.16. The highest BCUT2D eigenvalue weighted by atomic mass is 35.5. The summed E-state index contributed by atoms with van der Waals surface area (Å²) in [4.78, 5) is 24.1. The van der Waals surface area contributed by atoms with Crippen LogP contribution in [0, 0.1) is 19.7 Å². The van der Waals surface area contributed by atoms with Crippen LogP contribution in [0.25, 0.3) is 5.69 Å². The SMILES string of the molecule is Cc1nn(-c2ccc(C(=O)NNC(=O)Cc3ccc(F)cc3)cc2)c(C)c1Cl. The first kappa shape index (κ1) is 19.6. The van der Waals surface area contributed by atoms with E-state index >= 15 is 0 Å². The van der Waals surface area contributed by atoms with E-state index in [2.05, 4.69) is 16.0 Å². The van der Waals surface area contributed by atoms with Crippen molar-refractivity contribution in [3.8, 4) is 5.69 Å². The van der Waals surface area contributed by atoms with E-state index in [0.717, 1.165) is 17.1 Å². The molecule has 1 aromatic heterocycles. The molecule has 144 valence electrons. The number of benzene rings is 2. The van der Waals surface area contributed by atoms with E-state index in [4.69, 9.17) is 11.6 Å². The van der Waals surface area contributed by atoms with Crippen molar-refractivity contribution in [1.82, 2.24) is 20.6 Å². The van der Waals surface area contributed by atoms with Gasteiger partial charge in [-0.1, -0.05) is 23.7 Å². The Morgan fingerprint density at radius 1 is 1.04 bits per heavy atom. The van der Waals surface area contributed by atoms with Crippen LogP contribution in [0.4, 0.5) is 4.39 Å². The highest BCUT2D eigenvalue weighted by molar-refractivity contribution is 6.31. The third-order valence-electron chi connectivity index (χ3n) is 4.17. The molecular formula is C20H18ClFN4O2. The number of rotatable bonds is 4. The minimum Gasteiger partial charge on any atom is -0.273 e. The molecule has 0 aliphatic carbocycles. The molecule has 0 unspecified atom stereocenters. The zero-order valence-electron chi connectivity index (χ0n) is 15.3. The van der Waals surface area contributed by atoms with Crippen LogP contribution in [0.3, 0.4) is 0 Å². The van der Waals surface area contributed by atoms with Gasteiger partial charge in [0.05, 0.1) is 28.5 Å². The number of nitrogens with zero attached hydrogens (tertiary/aromatic N) is 2. The fraction of sp³-hybridized carbons (Fsp3) is 0.150. The van der Waals surface area contributed by atoms with Crippen molar-refractivity contribution in [1.29, 1.82) is 0 Å². The van der Waals surface area contributed by atoms with Crippen molar-refractivity contribution in [2.24, 2.45) is 0 Å². The molecule has 2 N–H and O–H groups in total. The molecule has 2 amide bonds. The molecule has 0 fully saturated rings. The van der Waals surface area contributed by atoms with Gasteiger partial charge in [0.1, 0.15) is 5.82 Å². The molecule has 0 radical (unpaired) electrons. The Bertz CT molecular complexity index is 1010. The highest BCUT2D eigenvalue weighted by Gasteiger charge is 2.12. The molecule has 28 heavy (non-hydrogen) atoms. The molecule has 0 bridgehead atoms. The second-order valence-corrected chi connectivity index (χ2v) is 6.63. The van der Waals surface area contributed by atoms with E-state index in [-0.39, 0.29) is 12.2 Å². The number of amides is 2. The molecule has 0 saturated heterocycles. The lowest BCUT2D eigenvalue weighted by molar-refractivity contribution is -0.121. The van der Waals surface area contributed by atoms with Crippen LogP contribution in [0.5, 0.6) is 0 Å². The first-order valence-electron chi connectivity index (χ1n) is 8.51. The van der Waals surface area contributed by atoms with Gasteiger partial charge in [0.25, 0.3) is 5.91 Å². The number of nitrogens with one attached hydrogen (secondary N) is 2. The van der Waals surface area contributed by atoms with E-state index in [1.54, 1.807) is 28.9 Å². The zero-order chi connectivity index (χ0) is 20.3. The summed E-state index contributed by atoms with van der Waals surface area (Å²) in [5.41, 5.74) is 8.02. The lowest BCUT2D eigenvalue weighted by Crippen LogP contribution is -2.42. The van der Waals surface area contributed by atoms with Crippen molar-refractivity contribution in [3.05, 3.63) is 81.9 Å². The smallest absolute Gasteiger partial charge is 0.269 e. The van der Waals surface area contributed by atoms with Crippen molar-refractivity contribution < 1.29 is 14.0 Å². The second kappa shape index (κ2) is 8.22. The molecule has 0 atom stereocenters. The zero-order valence-corrected chi connectivity index (χ0v) is 16.0. The van der Waals surface area contributed by atoms with Gasteiger partial charge >= 0.3 is 0 Å². The number of aryl methyl sites for hydroxylation is 1. The second-order valence-electron chi connectivity index (χ2n) is 6.25. The molecule has 0 spiro atoms. The van der Waals surface area contributed by atoms with Crippen LogP contribution in [-0.2, 0) is 11.2 Å². The van der Waals surface area contributed by atoms with Gasteiger partial charge in [0, 0.05) is 5.56 Å². The van der Waals surface area contributed by atoms with Gasteiger partial charge in [0.2, 0.25) is 5.91 Å². The summed E-state index contributed by atoms with van der Waals surface area (Å²) in [5, 5.41) is 4.97. The Labute approximate surface area is 166 Å². The monoisotopic (exact) mass is 400 g/mol. The Morgan fingerprint density at radius 2 is 1.68 bits per heavy atom. The molecule has 3 aromatic rings. The molecule has 1 heterocycles. The standard InChI is InChI=1S/C20H18ClFN4O2/c1-12-19(21)13(2)26(25-12)17-9-5-15(6-10-17)20(28)24-23-18(27)11-14-3-7-16(22)8-4-14/h3-10H,11H2,1-2H3,(H,23,27)(H,24,28). The maximum absolute atomic E-state index is 12.9. The van der Waals surface area contributed by atoms with Crippen molar-refractivity contribution in [2.45, 2.75) is 20.3 Å². The maximum atomic E-state index is 12.9. The molecule has 0 aliphatic rings. The number of hydrazine groups is 1. The topological polar surface area (TPSA) is 76.0 Å². The van der Waals surface area contributed by atoms with Crippen molar-refractivity contribution in [3.63, 3.8) is 0 Å². The normalized spacial score (nSPS) is 10.6. The lowest BCUT2D eigenvalue weighted by Gasteiger charge is -2.09. The number of hydrogen-bond donors (Lipinski definition) is 2. The first-order chi connectivity index (χ1) is 13.3. The van der Waals surface area contributed by atoms with Gasteiger partial charge in [-0.2, -0.15) is 5.10 Å². The third-order valence-corrected chi connectivity index (χ3v) is 4.72. The van der Waals surface area contributed by atoms with Crippen LogP contribution < -0.4 is 10.9 Å². The van der Waals surface area contributed by atoms with Gasteiger partial charge in [-0.25, -0.2) is 9.07 Å². The molecule has 0 saturated carbocycles. The minimum absolute atomic E-state index is 0.0260. The van der Waals surface area contributed by atoms with E-state index in [0.29, 0.717) is 16.1 Å². The molecule has 3 rings (SSSR count). The summed E-state index contributed by atoms with van der Waals surface area (Å²) in [6.07, 6.45) is 0.0260. The van der Waals surface area contributed by atoms with E-state index < -0.39 is 11.8 Å². The van der Waals surface area contributed by atoms with Crippen molar-refractivity contribution in [2.75, 3.05) is 0 Å². The number of hydrogen-bond acceptors (Lipinski definition) is 3. The highest BCUT2D eigenvalue weighted by Crippen LogP contribution is 2.22. The quantitative estimate of drug-likeness (QED) is 0.660. The van der Waals surface area contributed by atoms with E-state index in [1.807, 2.05) is 13.8 Å². The summed E-state index contributed by atoms with van der Waals surface area (Å²) < 4.78 is 14.6. The molecule has 8 heteroatoms. The van der Waals surface area contributed by atoms with Crippen LogP contribution in [-0.4, -0.2) is 21.6 Å². The van der Waals surface area contributed by atoms with Crippen LogP contribution in [0.1, 0.15) is 27.3 Å². The fourth-order valence-corrected chi connectivity index (χ4v) is 2.78.